The summed E-state index contributed by atoms with van der Waals surface area (Å²) in [5.74, 6) is 5.53. The molecule has 1 atom stereocenters. The lowest BCUT2D eigenvalue weighted by Crippen LogP contribution is -2.33. The van der Waals surface area contributed by atoms with Gasteiger partial charge in [0.2, 0.25) is 0 Å². The quantitative estimate of drug-likeness (QED) is 0.815. The maximum Gasteiger partial charge on any atom is 0.339 e. The van der Waals surface area contributed by atoms with E-state index in [-0.39, 0.29) is 22.8 Å². The average molecular weight is 336 g/mol. The number of hydrogen-bond donors (Lipinski definition) is 2. The Bertz CT molecular complexity index is 871. The molecule has 0 amide bonds. The minimum absolute atomic E-state index is 0.00397. The Morgan fingerprint density at radius 2 is 2.04 bits per heavy atom. The number of carboxylic acid groups (broad SMARTS) is 1. The van der Waals surface area contributed by atoms with Crippen molar-refractivity contribution in [3.05, 3.63) is 59.2 Å². The van der Waals surface area contributed by atoms with Crippen LogP contribution in [0.4, 0.5) is 0 Å². The van der Waals surface area contributed by atoms with Crippen LogP contribution in [0.5, 0.6) is 11.5 Å². The van der Waals surface area contributed by atoms with Gasteiger partial charge >= 0.3 is 5.97 Å². The highest BCUT2D eigenvalue weighted by atomic mass is 16.5. The van der Waals surface area contributed by atoms with E-state index in [0.29, 0.717) is 12.0 Å². The van der Waals surface area contributed by atoms with E-state index in [0.717, 1.165) is 12.2 Å². The van der Waals surface area contributed by atoms with Crippen LogP contribution in [0, 0.1) is 11.8 Å². The van der Waals surface area contributed by atoms with Crippen LogP contribution in [0.3, 0.4) is 0 Å². The number of rotatable bonds is 2. The molecule has 1 aliphatic rings. The van der Waals surface area contributed by atoms with Crippen LogP contribution in [0.25, 0.3) is 0 Å². The molecule has 1 heterocycles. The first-order valence-corrected chi connectivity index (χ1v) is 8.18. The molecule has 0 radical (unpaired) electrons. The topological polar surface area (TPSA) is 66.8 Å². The van der Waals surface area contributed by atoms with Crippen LogP contribution < -0.4 is 4.74 Å². The summed E-state index contributed by atoms with van der Waals surface area (Å²) in [4.78, 5) is 10.9. The highest BCUT2D eigenvalue weighted by Gasteiger charge is 2.33. The third-order valence-corrected chi connectivity index (χ3v) is 4.44. The molecule has 0 fully saturated rings. The smallest absolute Gasteiger partial charge is 0.339 e. The zero-order valence-corrected chi connectivity index (χ0v) is 14.2. The summed E-state index contributed by atoms with van der Waals surface area (Å²) < 4.78 is 6.05. The summed E-state index contributed by atoms with van der Waals surface area (Å²) in [6.45, 7) is 4.41. The third-order valence-electron chi connectivity index (χ3n) is 4.44. The number of carbonyl (C=O) groups is 1. The van der Waals surface area contributed by atoms with Crippen molar-refractivity contribution in [2.75, 3.05) is 0 Å². The number of aromatic carboxylic acids is 1. The predicted octanol–water partition coefficient (Wildman–Crippen LogP) is 3.96. The highest BCUT2D eigenvalue weighted by Crippen LogP contribution is 2.41. The van der Waals surface area contributed by atoms with E-state index in [2.05, 4.69) is 31.8 Å². The number of hydrogen-bond acceptors (Lipinski definition) is 3. The van der Waals surface area contributed by atoms with Gasteiger partial charge in [0.15, 0.2) is 0 Å². The summed E-state index contributed by atoms with van der Waals surface area (Å²) in [7, 11) is 0. The van der Waals surface area contributed by atoms with Crippen molar-refractivity contribution in [1.82, 2.24) is 0 Å². The molecule has 1 unspecified atom stereocenters. The van der Waals surface area contributed by atoms with E-state index >= 15 is 0 Å². The summed E-state index contributed by atoms with van der Waals surface area (Å²) in [5.41, 5.74) is 1.70. The number of para-hydroxylation sites is 1. The fourth-order valence-corrected chi connectivity index (χ4v) is 3.20. The van der Waals surface area contributed by atoms with Crippen molar-refractivity contribution in [2.45, 2.75) is 38.2 Å². The van der Waals surface area contributed by atoms with Crippen molar-refractivity contribution in [3.8, 4) is 23.3 Å². The zero-order valence-electron chi connectivity index (χ0n) is 14.2. The molecule has 4 heteroatoms. The molecule has 25 heavy (non-hydrogen) atoms. The van der Waals surface area contributed by atoms with Gasteiger partial charge in [-0.1, -0.05) is 43.9 Å². The lowest BCUT2D eigenvalue weighted by atomic mass is 9.77. The number of phenols is 1. The third kappa shape index (κ3) is 3.61. The number of ether oxygens (including phenoxy) is 1. The standard InChI is InChI=1S/C21H20O4/c1-21(2)13-15(25-19-9-4-3-8-17(19)21)7-5-6-14-10-11-16(20(23)24)18(22)12-14/h3-4,8-12,15,22H,7,13H2,1-2H3,(H,23,24). The molecular formula is C21H20O4. The molecule has 0 aliphatic carbocycles. The molecule has 2 aromatic carbocycles. The van der Waals surface area contributed by atoms with Gasteiger partial charge in [-0.15, -0.1) is 0 Å². The number of benzene rings is 2. The highest BCUT2D eigenvalue weighted by molar-refractivity contribution is 5.90. The Kier molecular flexibility index (Phi) is 4.41. The minimum Gasteiger partial charge on any atom is -0.507 e. The van der Waals surface area contributed by atoms with Crippen LogP contribution in [-0.2, 0) is 5.41 Å². The molecule has 0 saturated carbocycles. The fourth-order valence-electron chi connectivity index (χ4n) is 3.20. The second-order valence-electron chi connectivity index (χ2n) is 6.87. The average Bonchev–Trinajstić information content (AvgIpc) is 2.54. The molecule has 0 saturated heterocycles. The number of carboxylic acids is 1. The van der Waals surface area contributed by atoms with Gasteiger partial charge in [-0.25, -0.2) is 4.79 Å². The lowest BCUT2D eigenvalue weighted by Gasteiger charge is -2.37. The Morgan fingerprint density at radius 3 is 2.76 bits per heavy atom. The van der Waals surface area contributed by atoms with Crippen LogP contribution in [-0.4, -0.2) is 22.3 Å². The van der Waals surface area contributed by atoms with Gasteiger partial charge < -0.3 is 14.9 Å². The van der Waals surface area contributed by atoms with Crippen molar-refractivity contribution < 1.29 is 19.7 Å². The minimum atomic E-state index is -1.16. The van der Waals surface area contributed by atoms with Gasteiger partial charge in [0, 0.05) is 12.0 Å². The van der Waals surface area contributed by atoms with Crippen molar-refractivity contribution in [1.29, 1.82) is 0 Å². The van der Waals surface area contributed by atoms with Gasteiger partial charge in [0.1, 0.15) is 23.2 Å². The number of aromatic hydroxyl groups is 1. The maximum absolute atomic E-state index is 10.9. The molecule has 0 bridgehead atoms. The van der Waals surface area contributed by atoms with Gasteiger partial charge in [-0.05, 0) is 41.7 Å². The van der Waals surface area contributed by atoms with E-state index < -0.39 is 5.97 Å². The Balaban J connectivity index is 1.73. The van der Waals surface area contributed by atoms with E-state index in [1.165, 1.54) is 17.7 Å². The second-order valence-corrected chi connectivity index (χ2v) is 6.87. The van der Waals surface area contributed by atoms with Crippen molar-refractivity contribution >= 4 is 5.97 Å². The fraction of sp³-hybridized carbons (Fsp3) is 0.286. The Hall–Kier alpha value is -2.93. The summed E-state index contributed by atoms with van der Waals surface area (Å²) in [5, 5.41) is 18.6. The van der Waals surface area contributed by atoms with Crippen LogP contribution in [0.15, 0.2) is 42.5 Å². The molecule has 4 nitrogen and oxygen atoms in total. The summed E-state index contributed by atoms with van der Waals surface area (Å²) >= 11 is 0. The first-order valence-electron chi connectivity index (χ1n) is 8.18. The number of fused-ring (bicyclic) bond motifs is 1. The van der Waals surface area contributed by atoms with Gasteiger partial charge in [-0.3, -0.25) is 0 Å². The van der Waals surface area contributed by atoms with Crippen LogP contribution in [0.2, 0.25) is 0 Å². The molecule has 1 aliphatic heterocycles. The monoisotopic (exact) mass is 336 g/mol. The molecule has 128 valence electrons. The van der Waals surface area contributed by atoms with Crippen LogP contribution in [0.1, 0.15) is 48.2 Å². The zero-order chi connectivity index (χ0) is 18.0. The van der Waals surface area contributed by atoms with Crippen molar-refractivity contribution in [3.63, 3.8) is 0 Å². The molecular weight excluding hydrogens is 316 g/mol. The second kappa shape index (κ2) is 6.52. The van der Waals surface area contributed by atoms with Gasteiger partial charge in [-0.2, -0.15) is 0 Å². The van der Waals surface area contributed by atoms with Crippen molar-refractivity contribution in [2.24, 2.45) is 0 Å². The maximum atomic E-state index is 10.9. The molecule has 3 rings (SSSR count). The first kappa shape index (κ1) is 16.9. The lowest BCUT2D eigenvalue weighted by molar-refractivity contribution is 0.0693. The summed E-state index contributed by atoms with van der Waals surface area (Å²) in [6.07, 6.45) is 1.45. The van der Waals surface area contributed by atoms with E-state index in [4.69, 9.17) is 9.84 Å². The molecule has 0 spiro atoms. The predicted molar refractivity (Wildman–Crippen MR) is 95.1 cm³/mol. The normalized spacial score (nSPS) is 17.6. The molecule has 2 N–H and O–H groups in total. The first-order chi connectivity index (χ1) is 11.9. The van der Waals surface area contributed by atoms with E-state index in [9.17, 15) is 9.90 Å². The van der Waals surface area contributed by atoms with Gasteiger partial charge in [0.05, 0.1) is 0 Å². The molecule has 2 aromatic rings. The van der Waals surface area contributed by atoms with Crippen LogP contribution >= 0.6 is 0 Å². The largest absolute Gasteiger partial charge is 0.507 e. The van der Waals surface area contributed by atoms with E-state index in [1.54, 1.807) is 6.07 Å². The van der Waals surface area contributed by atoms with E-state index in [1.807, 2.05) is 18.2 Å². The van der Waals surface area contributed by atoms with Gasteiger partial charge in [0.25, 0.3) is 0 Å². The Morgan fingerprint density at radius 1 is 1.28 bits per heavy atom. The molecule has 0 aromatic heterocycles. The summed E-state index contributed by atoms with van der Waals surface area (Å²) in [6, 6.07) is 12.4. The SMILES string of the molecule is CC1(C)CC(CC#Cc2ccc(C(=O)O)c(O)c2)Oc2ccccc21. The Labute approximate surface area is 147 Å².